The molecule has 3 aromatic rings. The molecular formula is C16H12ClFN2S. The number of halogens is 2. The van der Waals surface area contributed by atoms with E-state index in [9.17, 15) is 4.39 Å². The number of benzene rings is 2. The quantitative estimate of drug-likeness (QED) is 0.758. The molecule has 0 saturated carbocycles. The van der Waals surface area contributed by atoms with Crippen LogP contribution in [0.25, 0.3) is 21.8 Å². The number of rotatable bonds is 3. The normalized spacial score (nSPS) is 10.8. The summed E-state index contributed by atoms with van der Waals surface area (Å²) in [6, 6.07) is 12.5. The molecule has 0 aliphatic heterocycles. The molecule has 21 heavy (non-hydrogen) atoms. The zero-order valence-electron chi connectivity index (χ0n) is 11.0. The van der Waals surface area contributed by atoms with Crippen molar-refractivity contribution in [1.29, 1.82) is 0 Å². The van der Waals surface area contributed by atoms with Gasteiger partial charge in [-0.15, -0.1) is 11.3 Å². The molecule has 1 heterocycles. The molecule has 5 heteroatoms. The van der Waals surface area contributed by atoms with Crippen molar-refractivity contribution in [3.05, 3.63) is 64.2 Å². The number of thiazole rings is 1. The van der Waals surface area contributed by atoms with Crippen LogP contribution in [0.1, 0.15) is 5.56 Å². The van der Waals surface area contributed by atoms with E-state index in [1.54, 1.807) is 12.1 Å². The third-order valence-corrected chi connectivity index (χ3v) is 4.26. The van der Waals surface area contributed by atoms with E-state index in [4.69, 9.17) is 17.3 Å². The molecule has 3 rings (SSSR count). The molecule has 0 aliphatic carbocycles. The summed E-state index contributed by atoms with van der Waals surface area (Å²) < 4.78 is 13.9. The molecule has 106 valence electrons. The van der Waals surface area contributed by atoms with Gasteiger partial charge in [-0.05, 0) is 23.8 Å². The Labute approximate surface area is 131 Å². The Balaban J connectivity index is 1.95. The first kappa shape index (κ1) is 14.2. The number of nitrogens with zero attached hydrogens (tertiary/aromatic N) is 1. The maximum atomic E-state index is 13.9. The molecule has 0 atom stereocenters. The maximum absolute atomic E-state index is 13.9. The average molecular weight is 319 g/mol. The summed E-state index contributed by atoms with van der Waals surface area (Å²) in [5.74, 6) is -0.359. The molecular weight excluding hydrogens is 307 g/mol. The van der Waals surface area contributed by atoms with E-state index >= 15 is 0 Å². The summed E-state index contributed by atoms with van der Waals surface area (Å²) in [5, 5.41) is 2.94. The third kappa shape index (κ3) is 2.97. The minimum absolute atomic E-state index is 0.359. The standard InChI is InChI=1S/C16H12ClFN2S/c17-12-5-6-13(14(18)7-12)16-20-15(9-21-16)11-3-1-10(8-19)2-4-11/h1-7,9H,8,19H2. The molecule has 2 aromatic carbocycles. The van der Waals surface area contributed by atoms with E-state index in [1.807, 2.05) is 29.6 Å². The molecule has 0 spiro atoms. The SMILES string of the molecule is NCc1ccc(-c2csc(-c3ccc(Cl)cc3F)n2)cc1. The van der Waals surface area contributed by atoms with Crippen LogP contribution in [0.2, 0.25) is 5.02 Å². The van der Waals surface area contributed by atoms with Crippen LogP contribution in [-0.2, 0) is 6.54 Å². The second kappa shape index (κ2) is 5.93. The number of hydrogen-bond acceptors (Lipinski definition) is 3. The smallest absolute Gasteiger partial charge is 0.134 e. The van der Waals surface area contributed by atoms with Crippen molar-refractivity contribution < 1.29 is 4.39 Å². The largest absolute Gasteiger partial charge is 0.326 e. The van der Waals surface area contributed by atoms with Gasteiger partial charge in [0.05, 0.1) is 5.69 Å². The summed E-state index contributed by atoms with van der Waals surface area (Å²) >= 11 is 7.18. The van der Waals surface area contributed by atoms with Crippen LogP contribution in [0.5, 0.6) is 0 Å². The van der Waals surface area contributed by atoms with Crippen molar-refractivity contribution in [2.75, 3.05) is 0 Å². The van der Waals surface area contributed by atoms with Crippen molar-refractivity contribution >= 4 is 22.9 Å². The molecule has 2 N–H and O–H groups in total. The van der Waals surface area contributed by atoms with Gasteiger partial charge in [-0.3, -0.25) is 0 Å². The van der Waals surface area contributed by atoms with Crippen LogP contribution in [-0.4, -0.2) is 4.98 Å². The highest BCUT2D eigenvalue weighted by atomic mass is 35.5. The predicted molar refractivity (Wildman–Crippen MR) is 85.8 cm³/mol. The number of nitrogens with two attached hydrogens (primary N) is 1. The second-order valence-corrected chi connectivity index (χ2v) is 5.86. The first-order valence-corrected chi connectivity index (χ1v) is 7.63. The minimum atomic E-state index is -0.359. The lowest BCUT2D eigenvalue weighted by molar-refractivity contribution is 0.631. The zero-order chi connectivity index (χ0) is 14.8. The molecule has 0 fully saturated rings. The molecule has 0 bridgehead atoms. The number of hydrogen-bond donors (Lipinski definition) is 1. The van der Waals surface area contributed by atoms with Crippen molar-refractivity contribution in [2.24, 2.45) is 5.73 Å². The lowest BCUT2D eigenvalue weighted by atomic mass is 10.1. The van der Waals surface area contributed by atoms with E-state index in [2.05, 4.69) is 4.98 Å². The van der Waals surface area contributed by atoms with Gasteiger partial charge in [-0.25, -0.2) is 9.37 Å². The van der Waals surface area contributed by atoms with Gasteiger partial charge in [0.1, 0.15) is 10.8 Å². The van der Waals surface area contributed by atoms with Crippen LogP contribution >= 0.6 is 22.9 Å². The van der Waals surface area contributed by atoms with E-state index in [0.717, 1.165) is 16.8 Å². The molecule has 0 amide bonds. The van der Waals surface area contributed by atoms with Gasteiger partial charge in [0, 0.05) is 28.1 Å². The van der Waals surface area contributed by atoms with Crippen LogP contribution < -0.4 is 5.73 Å². The van der Waals surface area contributed by atoms with E-state index in [1.165, 1.54) is 17.4 Å². The van der Waals surface area contributed by atoms with Crippen LogP contribution in [0.4, 0.5) is 4.39 Å². The first-order valence-electron chi connectivity index (χ1n) is 6.37. The summed E-state index contributed by atoms with van der Waals surface area (Å²) in [7, 11) is 0. The molecule has 0 unspecified atom stereocenters. The van der Waals surface area contributed by atoms with Crippen molar-refractivity contribution in [3.8, 4) is 21.8 Å². The maximum Gasteiger partial charge on any atom is 0.134 e. The number of aromatic nitrogens is 1. The Morgan fingerprint density at radius 2 is 1.90 bits per heavy atom. The van der Waals surface area contributed by atoms with E-state index < -0.39 is 0 Å². The Kier molecular flexibility index (Phi) is 4.01. The van der Waals surface area contributed by atoms with Crippen molar-refractivity contribution in [3.63, 3.8) is 0 Å². The van der Waals surface area contributed by atoms with E-state index in [-0.39, 0.29) is 5.82 Å². The molecule has 2 nitrogen and oxygen atoms in total. The Bertz CT molecular complexity index is 768. The molecule has 0 radical (unpaired) electrons. The lowest BCUT2D eigenvalue weighted by Crippen LogP contribution is -1.95. The van der Waals surface area contributed by atoms with Crippen LogP contribution in [0.15, 0.2) is 47.8 Å². The summed E-state index contributed by atoms with van der Waals surface area (Å²) in [5.41, 5.74) is 8.93. The van der Waals surface area contributed by atoms with Gasteiger partial charge in [0.25, 0.3) is 0 Å². The van der Waals surface area contributed by atoms with Crippen LogP contribution in [0.3, 0.4) is 0 Å². The van der Waals surface area contributed by atoms with Crippen molar-refractivity contribution in [1.82, 2.24) is 4.98 Å². The average Bonchev–Trinajstić information content (AvgIpc) is 2.97. The Morgan fingerprint density at radius 1 is 1.14 bits per heavy atom. The van der Waals surface area contributed by atoms with Crippen molar-refractivity contribution in [2.45, 2.75) is 6.54 Å². The summed E-state index contributed by atoms with van der Waals surface area (Å²) in [4.78, 5) is 4.50. The van der Waals surface area contributed by atoms with Gasteiger partial charge < -0.3 is 5.73 Å². The zero-order valence-corrected chi connectivity index (χ0v) is 12.6. The first-order chi connectivity index (χ1) is 10.2. The fourth-order valence-corrected chi connectivity index (χ4v) is 3.02. The highest BCUT2D eigenvalue weighted by molar-refractivity contribution is 7.13. The van der Waals surface area contributed by atoms with E-state index in [0.29, 0.717) is 22.1 Å². The topological polar surface area (TPSA) is 38.9 Å². The monoisotopic (exact) mass is 318 g/mol. The van der Waals surface area contributed by atoms with Gasteiger partial charge in [0.15, 0.2) is 0 Å². The van der Waals surface area contributed by atoms with Crippen LogP contribution in [0, 0.1) is 5.82 Å². The molecule has 1 aromatic heterocycles. The van der Waals surface area contributed by atoms with Gasteiger partial charge in [-0.1, -0.05) is 35.9 Å². The third-order valence-electron chi connectivity index (χ3n) is 3.15. The molecule has 0 saturated heterocycles. The highest BCUT2D eigenvalue weighted by Gasteiger charge is 2.11. The molecule has 0 aliphatic rings. The lowest BCUT2D eigenvalue weighted by Gasteiger charge is -2.00. The van der Waals surface area contributed by atoms with Gasteiger partial charge >= 0.3 is 0 Å². The highest BCUT2D eigenvalue weighted by Crippen LogP contribution is 2.31. The predicted octanol–water partition coefficient (Wildman–Crippen LogP) is 4.73. The van der Waals surface area contributed by atoms with Gasteiger partial charge in [-0.2, -0.15) is 0 Å². The fraction of sp³-hybridized carbons (Fsp3) is 0.0625. The summed E-state index contributed by atoms with van der Waals surface area (Å²) in [6.45, 7) is 0.512. The second-order valence-electron chi connectivity index (χ2n) is 4.56. The minimum Gasteiger partial charge on any atom is -0.326 e. The van der Waals surface area contributed by atoms with Gasteiger partial charge in [0.2, 0.25) is 0 Å². The Hall–Kier alpha value is -1.75. The summed E-state index contributed by atoms with van der Waals surface area (Å²) in [6.07, 6.45) is 0. The fourth-order valence-electron chi connectivity index (χ4n) is 2.00. The Morgan fingerprint density at radius 3 is 2.57 bits per heavy atom.